The minimum Gasteiger partial charge on any atom is -0.466 e. The maximum absolute atomic E-state index is 12.5. The third-order valence-electron chi connectivity index (χ3n) is 5.68. The summed E-state index contributed by atoms with van der Waals surface area (Å²) in [5.41, 5.74) is 6.74. The fourth-order valence-corrected chi connectivity index (χ4v) is 4.17. The Morgan fingerprint density at radius 2 is 1.97 bits per heavy atom. The quantitative estimate of drug-likeness (QED) is 0.718. The summed E-state index contributed by atoms with van der Waals surface area (Å²) in [5.74, 6) is 0.288. The number of rotatable bonds is 5. The fourth-order valence-electron chi connectivity index (χ4n) is 4.17. The van der Waals surface area contributed by atoms with Gasteiger partial charge in [0, 0.05) is 12.7 Å². The molecule has 1 aliphatic carbocycles. The standard InChI is InChI=1S/C23H28N4O2/c1-14-11-15(2)24-22-21(14)23(26-27(22)4)29-13-20(28)25-16(3)18-10-9-17-7-5-6-8-19(17)12-18/h9-12,16H,5-8,13H2,1-4H3,(H,25,28). The molecule has 0 fully saturated rings. The zero-order valence-corrected chi connectivity index (χ0v) is 17.6. The van der Waals surface area contributed by atoms with E-state index in [1.165, 1.54) is 24.0 Å². The minimum absolute atomic E-state index is 0.0649. The van der Waals surface area contributed by atoms with E-state index >= 15 is 0 Å². The van der Waals surface area contributed by atoms with E-state index in [1.807, 2.05) is 33.9 Å². The molecule has 3 aromatic rings. The average Bonchev–Trinajstić information content (AvgIpc) is 3.01. The smallest absolute Gasteiger partial charge is 0.258 e. The van der Waals surface area contributed by atoms with Crippen LogP contribution in [-0.4, -0.2) is 27.3 Å². The Balaban J connectivity index is 1.42. The maximum Gasteiger partial charge on any atom is 0.258 e. The van der Waals surface area contributed by atoms with Crippen LogP contribution in [0.4, 0.5) is 0 Å². The second kappa shape index (κ2) is 7.85. The highest BCUT2D eigenvalue weighted by Gasteiger charge is 2.17. The number of carbonyl (C=O) groups excluding carboxylic acids is 1. The molecule has 29 heavy (non-hydrogen) atoms. The van der Waals surface area contributed by atoms with Crippen molar-refractivity contribution >= 4 is 16.9 Å². The third-order valence-corrected chi connectivity index (χ3v) is 5.68. The van der Waals surface area contributed by atoms with Gasteiger partial charge in [-0.15, -0.1) is 5.10 Å². The molecule has 0 saturated carbocycles. The van der Waals surface area contributed by atoms with Gasteiger partial charge in [-0.3, -0.25) is 4.79 Å². The predicted octanol–water partition coefficient (Wildman–Crippen LogP) is 3.72. The molecule has 152 valence electrons. The highest BCUT2D eigenvalue weighted by atomic mass is 16.5. The molecular weight excluding hydrogens is 364 g/mol. The van der Waals surface area contributed by atoms with Crippen molar-refractivity contribution < 1.29 is 9.53 Å². The predicted molar refractivity (Wildman–Crippen MR) is 113 cm³/mol. The maximum atomic E-state index is 12.5. The van der Waals surface area contributed by atoms with Gasteiger partial charge in [0.2, 0.25) is 5.88 Å². The number of amides is 1. The van der Waals surface area contributed by atoms with Crippen LogP contribution in [0.3, 0.4) is 0 Å². The fraction of sp³-hybridized carbons (Fsp3) is 0.435. The van der Waals surface area contributed by atoms with E-state index in [0.29, 0.717) is 5.88 Å². The lowest BCUT2D eigenvalue weighted by molar-refractivity contribution is -0.123. The van der Waals surface area contributed by atoms with Gasteiger partial charge in [-0.1, -0.05) is 18.2 Å². The molecule has 1 atom stereocenters. The van der Waals surface area contributed by atoms with Crippen molar-refractivity contribution in [3.8, 4) is 5.88 Å². The topological polar surface area (TPSA) is 69.0 Å². The van der Waals surface area contributed by atoms with Crippen molar-refractivity contribution in [2.75, 3.05) is 6.61 Å². The van der Waals surface area contributed by atoms with Crippen LogP contribution in [0.5, 0.6) is 5.88 Å². The van der Waals surface area contributed by atoms with Gasteiger partial charge in [0.05, 0.1) is 11.4 Å². The first-order valence-electron chi connectivity index (χ1n) is 10.3. The molecule has 6 heteroatoms. The van der Waals surface area contributed by atoms with Crippen LogP contribution >= 0.6 is 0 Å². The van der Waals surface area contributed by atoms with Gasteiger partial charge in [0.15, 0.2) is 12.3 Å². The average molecular weight is 393 g/mol. The Bertz CT molecular complexity index is 1070. The zero-order valence-electron chi connectivity index (χ0n) is 17.6. The Morgan fingerprint density at radius 1 is 1.21 bits per heavy atom. The summed E-state index contributed by atoms with van der Waals surface area (Å²) in [5, 5.41) is 8.29. The lowest BCUT2D eigenvalue weighted by Crippen LogP contribution is -2.31. The van der Waals surface area contributed by atoms with Crippen LogP contribution in [0.15, 0.2) is 24.3 Å². The number of fused-ring (bicyclic) bond motifs is 2. The molecule has 2 aromatic heterocycles. The second-order valence-corrected chi connectivity index (χ2v) is 8.02. The largest absolute Gasteiger partial charge is 0.466 e. The normalized spacial score (nSPS) is 14.5. The van der Waals surface area contributed by atoms with Gasteiger partial charge in [0.25, 0.3) is 5.91 Å². The molecule has 1 aliphatic rings. The first kappa shape index (κ1) is 19.4. The van der Waals surface area contributed by atoms with Crippen molar-refractivity contribution in [3.05, 3.63) is 52.2 Å². The first-order valence-corrected chi connectivity index (χ1v) is 10.3. The Morgan fingerprint density at radius 3 is 2.76 bits per heavy atom. The number of hydrogen-bond acceptors (Lipinski definition) is 4. The molecule has 2 heterocycles. The van der Waals surface area contributed by atoms with Crippen molar-refractivity contribution in [1.29, 1.82) is 0 Å². The molecule has 1 aromatic carbocycles. The third kappa shape index (κ3) is 3.97. The summed E-state index contributed by atoms with van der Waals surface area (Å²) in [6.07, 6.45) is 4.81. The summed E-state index contributed by atoms with van der Waals surface area (Å²) in [6, 6.07) is 8.50. The summed E-state index contributed by atoms with van der Waals surface area (Å²) in [7, 11) is 1.83. The molecule has 0 saturated heterocycles. The van der Waals surface area contributed by atoms with E-state index in [-0.39, 0.29) is 18.6 Å². The van der Waals surface area contributed by atoms with Gasteiger partial charge in [-0.25, -0.2) is 9.67 Å². The van der Waals surface area contributed by atoms with Gasteiger partial charge in [0.1, 0.15) is 0 Å². The van der Waals surface area contributed by atoms with Crippen molar-refractivity contribution in [1.82, 2.24) is 20.1 Å². The van der Waals surface area contributed by atoms with Gasteiger partial charge in [-0.2, -0.15) is 0 Å². The Labute approximate surface area is 171 Å². The number of ether oxygens (including phenoxy) is 1. The van der Waals surface area contributed by atoms with Crippen LogP contribution in [-0.2, 0) is 24.7 Å². The van der Waals surface area contributed by atoms with E-state index < -0.39 is 0 Å². The van der Waals surface area contributed by atoms with Gasteiger partial charge >= 0.3 is 0 Å². The number of aromatic nitrogens is 3. The lowest BCUT2D eigenvalue weighted by Gasteiger charge is -2.20. The van der Waals surface area contributed by atoms with E-state index in [2.05, 4.69) is 33.6 Å². The molecule has 0 spiro atoms. The number of pyridine rings is 1. The highest BCUT2D eigenvalue weighted by molar-refractivity contribution is 5.85. The molecule has 4 rings (SSSR count). The van der Waals surface area contributed by atoms with Crippen LogP contribution in [0.25, 0.3) is 11.0 Å². The number of hydrogen-bond donors (Lipinski definition) is 1. The van der Waals surface area contributed by atoms with Crippen LogP contribution in [0, 0.1) is 13.8 Å². The minimum atomic E-state index is -0.160. The zero-order chi connectivity index (χ0) is 20.5. The Hall–Kier alpha value is -2.89. The van der Waals surface area contributed by atoms with Gasteiger partial charge < -0.3 is 10.1 Å². The van der Waals surface area contributed by atoms with Crippen molar-refractivity contribution in [2.45, 2.75) is 52.5 Å². The molecule has 0 aliphatic heterocycles. The Kier molecular flexibility index (Phi) is 5.26. The number of nitrogens with zero attached hydrogens (tertiary/aromatic N) is 3. The summed E-state index contributed by atoms with van der Waals surface area (Å²) < 4.78 is 7.46. The van der Waals surface area contributed by atoms with Crippen LogP contribution in [0.2, 0.25) is 0 Å². The van der Waals surface area contributed by atoms with E-state index in [1.54, 1.807) is 4.68 Å². The number of aryl methyl sites for hydroxylation is 5. The molecule has 0 radical (unpaired) electrons. The number of nitrogens with one attached hydrogen (secondary N) is 1. The molecule has 1 N–H and O–H groups in total. The van der Waals surface area contributed by atoms with Crippen LogP contribution in [0.1, 0.15) is 53.8 Å². The lowest BCUT2D eigenvalue weighted by atomic mass is 9.89. The van der Waals surface area contributed by atoms with Crippen LogP contribution < -0.4 is 10.1 Å². The second-order valence-electron chi connectivity index (χ2n) is 8.02. The SMILES string of the molecule is Cc1cc(C)c2c(OCC(=O)NC(C)c3ccc4c(c3)CCCC4)nn(C)c2n1. The number of carbonyl (C=O) groups is 1. The molecular formula is C23H28N4O2. The molecule has 1 amide bonds. The monoisotopic (exact) mass is 392 g/mol. The van der Waals surface area contributed by atoms with Crippen molar-refractivity contribution in [2.24, 2.45) is 7.05 Å². The molecule has 1 unspecified atom stereocenters. The molecule has 0 bridgehead atoms. The summed E-state index contributed by atoms with van der Waals surface area (Å²) >= 11 is 0. The molecule has 6 nitrogen and oxygen atoms in total. The summed E-state index contributed by atoms with van der Waals surface area (Å²) in [4.78, 5) is 17.0. The van der Waals surface area contributed by atoms with E-state index in [9.17, 15) is 4.79 Å². The first-order chi connectivity index (χ1) is 13.9. The van der Waals surface area contributed by atoms with Gasteiger partial charge in [-0.05, 0) is 74.8 Å². The number of benzene rings is 1. The van der Waals surface area contributed by atoms with E-state index in [0.717, 1.165) is 40.7 Å². The highest BCUT2D eigenvalue weighted by Crippen LogP contribution is 2.27. The van der Waals surface area contributed by atoms with E-state index in [4.69, 9.17) is 4.74 Å². The van der Waals surface area contributed by atoms with Crippen molar-refractivity contribution in [3.63, 3.8) is 0 Å². The summed E-state index contributed by atoms with van der Waals surface area (Å²) in [6.45, 7) is 5.89.